The number of nitrogens with one attached hydrogen (secondary N) is 1. The molecule has 1 amide bonds. The molecule has 1 atom stereocenters. The number of allylic oxidation sites excluding steroid dienone is 2. The molecule has 2 aliphatic rings. The number of rotatable bonds is 5. The van der Waals surface area contributed by atoms with Crippen LogP contribution in [0.25, 0.3) is 0 Å². The van der Waals surface area contributed by atoms with Gasteiger partial charge in [0.1, 0.15) is 0 Å². The molecule has 2 heterocycles. The molecule has 0 aromatic heterocycles. The molecule has 1 aromatic rings. The zero-order valence-electron chi connectivity index (χ0n) is 12.9. The number of carboxylic acids is 1. The van der Waals surface area contributed by atoms with Crippen LogP contribution in [0.4, 0.5) is 5.69 Å². The second kappa shape index (κ2) is 6.23. The van der Waals surface area contributed by atoms with E-state index < -0.39 is 23.9 Å². The summed E-state index contributed by atoms with van der Waals surface area (Å²) in [4.78, 5) is 29.1. The topological polar surface area (TPSA) is 106 Å². The number of anilines is 1. The van der Waals surface area contributed by atoms with Gasteiger partial charge in [0.15, 0.2) is 11.5 Å². The molecule has 8 heteroatoms. The van der Waals surface area contributed by atoms with E-state index in [1.165, 1.54) is 0 Å². The quantitative estimate of drug-likeness (QED) is 0.853. The summed E-state index contributed by atoms with van der Waals surface area (Å²) in [5, 5.41) is 15.6. The fourth-order valence-electron chi connectivity index (χ4n) is 2.55. The number of nitrogens with zero attached hydrogens (tertiary/aromatic N) is 1. The highest BCUT2D eigenvalue weighted by atomic mass is 16.7. The van der Waals surface area contributed by atoms with Gasteiger partial charge < -0.3 is 24.7 Å². The summed E-state index contributed by atoms with van der Waals surface area (Å²) in [5.74, 6) is -0.623. The minimum Gasteiger partial charge on any atom is -0.481 e. The number of oxime groups is 1. The molecule has 0 saturated carbocycles. The lowest BCUT2D eigenvalue weighted by atomic mass is 9.92. The van der Waals surface area contributed by atoms with Crippen molar-refractivity contribution in [3.8, 4) is 11.5 Å². The summed E-state index contributed by atoms with van der Waals surface area (Å²) in [5.41, 5.74) is -0.603. The number of aliphatic carboxylic acids is 1. The zero-order chi connectivity index (χ0) is 17.2. The van der Waals surface area contributed by atoms with Crippen LogP contribution in [-0.4, -0.2) is 35.1 Å². The third-order valence-corrected chi connectivity index (χ3v) is 3.64. The molecule has 0 bridgehead atoms. The van der Waals surface area contributed by atoms with E-state index in [9.17, 15) is 9.59 Å². The van der Waals surface area contributed by atoms with Gasteiger partial charge in [-0.3, -0.25) is 9.59 Å². The van der Waals surface area contributed by atoms with Crippen molar-refractivity contribution >= 4 is 23.3 Å². The number of carbonyl (C=O) groups is 2. The van der Waals surface area contributed by atoms with Crippen molar-refractivity contribution in [3.05, 3.63) is 30.4 Å². The van der Waals surface area contributed by atoms with E-state index in [1.54, 1.807) is 37.3 Å². The maximum atomic E-state index is 12.7. The third kappa shape index (κ3) is 3.03. The fraction of sp³-hybridized carbons (Fsp3) is 0.312. The van der Waals surface area contributed by atoms with Crippen molar-refractivity contribution < 1.29 is 29.0 Å². The van der Waals surface area contributed by atoms with E-state index in [0.29, 0.717) is 22.9 Å². The van der Waals surface area contributed by atoms with E-state index in [2.05, 4.69) is 10.5 Å². The summed E-state index contributed by atoms with van der Waals surface area (Å²) in [7, 11) is 0. The van der Waals surface area contributed by atoms with Crippen molar-refractivity contribution in [3.63, 3.8) is 0 Å². The van der Waals surface area contributed by atoms with Gasteiger partial charge in [0, 0.05) is 18.2 Å². The van der Waals surface area contributed by atoms with Crippen LogP contribution in [0.5, 0.6) is 11.5 Å². The monoisotopic (exact) mass is 332 g/mol. The molecule has 8 nitrogen and oxygen atoms in total. The summed E-state index contributed by atoms with van der Waals surface area (Å²) < 4.78 is 10.5. The lowest BCUT2D eigenvalue weighted by molar-refractivity contribution is -0.152. The molecule has 1 aromatic carbocycles. The highest BCUT2D eigenvalue weighted by Crippen LogP contribution is 2.35. The Kier molecular flexibility index (Phi) is 4.11. The lowest BCUT2D eigenvalue weighted by Gasteiger charge is -2.23. The van der Waals surface area contributed by atoms with Crippen molar-refractivity contribution in [1.82, 2.24) is 0 Å². The number of benzene rings is 1. The molecule has 0 aliphatic carbocycles. The minimum atomic E-state index is -1.57. The average Bonchev–Trinajstić information content (AvgIpc) is 3.14. The first kappa shape index (κ1) is 15.9. The molecule has 126 valence electrons. The van der Waals surface area contributed by atoms with Crippen LogP contribution in [0.1, 0.15) is 19.8 Å². The molecule has 0 saturated heterocycles. The van der Waals surface area contributed by atoms with Crippen molar-refractivity contribution in [2.24, 2.45) is 5.16 Å². The van der Waals surface area contributed by atoms with E-state index in [4.69, 9.17) is 19.4 Å². The van der Waals surface area contributed by atoms with Gasteiger partial charge in [-0.2, -0.15) is 0 Å². The van der Waals surface area contributed by atoms with Gasteiger partial charge in [-0.05, 0) is 25.1 Å². The van der Waals surface area contributed by atoms with Crippen LogP contribution in [0.15, 0.2) is 35.5 Å². The predicted molar refractivity (Wildman–Crippen MR) is 84.1 cm³/mol. The third-order valence-electron chi connectivity index (χ3n) is 3.64. The Hall–Kier alpha value is -3.03. The minimum absolute atomic E-state index is 0.0834. The number of fused-ring (bicyclic) bond motifs is 1. The first-order chi connectivity index (χ1) is 11.5. The van der Waals surface area contributed by atoms with Crippen LogP contribution in [0, 0.1) is 0 Å². The highest BCUT2D eigenvalue weighted by Gasteiger charge is 2.48. The van der Waals surface area contributed by atoms with E-state index in [0.717, 1.165) is 0 Å². The average molecular weight is 332 g/mol. The number of carboxylic acid groups (broad SMARTS) is 1. The summed E-state index contributed by atoms with van der Waals surface area (Å²) in [6.07, 6.45) is 3.01. The van der Waals surface area contributed by atoms with Gasteiger partial charge >= 0.3 is 5.97 Å². The maximum Gasteiger partial charge on any atom is 0.308 e. The Bertz CT molecular complexity index is 742. The van der Waals surface area contributed by atoms with E-state index in [-0.39, 0.29) is 13.2 Å². The molecule has 0 fully saturated rings. The summed E-state index contributed by atoms with van der Waals surface area (Å²) >= 11 is 0. The first-order valence-electron chi connectivity index (χ1n) is 7.33. The van der Waals surface area contributed by atoms with Crippen LogP contribution >= 0.6 is 0 Å². The Labute approximate surface area is 137 Å². The SMILES string of the molecule is CC=CC1=NOC(CC(=O)O)(C(=O)Nc2ccc3c(c2)OCO3)C1. The normalized spacial score (nSPS) is 21.5. The number of carbonyl (C=O) groups excluding carboxylic acids is 1. The van der Waals surface area contributed by atoms with Crippen LogP contribution in [0.3, 0.4) is 0 Å². The Morgan fingerprint density at radius 1 is 1.38 bits per heavy atom. The Morgan fingerprint density at radius 2 is 2.17 bits per heavy atom. The van der Waals surface area contributed by atoms with Crippen LogP contribution in [0.2, 0.25) is 0 Å². The molecule has 1 unspecified atom stereocenters. The number of hydrogen-bond acceptors (Lipinski definition) is 6. The lowest BCUT2D eigenvalue weighted by Crippen LogP contribution is -2.45. The van der Waals surface area contributed by atoms with Crippen molar-refractivity contribution in [2.45, 2.75) is 25.4 Å². The molecular formula is C16H16N2O6. The van der Waals surface area contributed by atoms with Crippen LogP contribution in [-0.2, 0) is 14.4 Å². The number of amides is 1. The van der Waals surface area contributed by atoms with Gasteiger partial charge in [-0.25, -0.2) is 0 Å². The largest absolute Gasteiger partial charge is 0.481 e. The Balaban J connectivity index is 1.78. The molecule has 0 spiro atoms. The molecule has 0 radical (unpaired) electrons. The number of hydrogen-bond donors (Lipinski definition) is 2. The molecular weight excluding hydrogens is 316 g/mol. The maximum absolute atomic E-state index is 12.7. The molecule has 2 N–H and O–H groups in total. The summed E-state index contributed by atoms with van der Waals surface area (Å²) in [6, 6.07) is 4.92. The highest BCUT2D eigenvalue weighted by molar-refractivity contribution is 6.06. The molecule has 3 rings (SSSR count). The predicted octanol–water partition coefficient (Wildman–Crippen LogP) is 1.92. The van der Waals surface area contributed by atoms with Gasteiger partial charge in [-0.15, -0.1) is 0 Å². The van der Waals surface area contributed by atoms with Gasteiger partial charge in [0.25, 0.3) is 5.91 Å². The zero-order valence-corrected chi connectivity index (χ0v) is 12.9. The number of ether oxygens (including phenoxy) is 2. The summed E-state index contributed by atoms with van der Waals surface area (Å²) in [6.45, 7) is 1.92. The van der Waals surface area contributed by atoms with Gasteiger partial charge in [-0.1, -0.05) is 11.2 Å². The van der Waals surface area contributed by atoms with E-state index in [1.807, 2.05) is 0 Å². The standard InChI is InChI=1S/C16H16N2O6/c1-2-3-11-7-16(24-18-11,8-14(19)20)15(21)17-10-4-5-12-13(6-10)23-9-22-12/h2-6H,7-9H2,1H3,(H,17,21)(H,19,20). The van der Waals surface area contributed by atoms with Gasteiger partial charge in [0.2, 0.25) is 12.4 Å². The second-order valence-electron chi connectivity index (χ2n) is 5.44. The Morgan fingerprint density at radius 3 is 2.92 bits per heavy atom. The second-order valence-corrected chi connectivity index (χ2v) is 5.44. The van der Waals surface area contributed by atoms with E-state index >= 15 is 0 Å². The van der Waals surface area contributed by atoms with Crippen molar-refractivity contribution in [2.75, 3.05) is 12.1 Å². The first-order valence-corrected chi connectivity index (χ1v) is 7.33. The van der Waals surface area contributed by atoms with Crippen molar-refractivity contribution in [1.29, 1.82) is 0 Å². The van der Waals surface area contributed by atoms with Crippen LogP contribution < -0.4 is 14.8 Å². The molecule has 24 heavy (non-hydrogen) atoms. The molecule has 2 aliphatic heterocycles. The smallest absolute Gasteiger partial charge is 0.308 e. The van der Waals surface area contributed by atoms with Gasteiger partial charge in [0.05, 0.1) is 12.1 Å². The fourth-order valence-corrected chi connectivity index (χ4v) is 2.55.